The molecule has 0 atom stereocenters. The van der Waals surface area contributed by atoms with Crippen molar-refractivity contribution >= 4 is 19.2 Å². The van der Waals surface area contributed by atoms with Crippen LogP contribution in [-0.2, 0) is 4.79 Å². The summed E-state index contributed by atoms with van der Waals surface area (Å²) in [7, 11) is 0. The highest BCUT2D eigenvalue weighted by molar-refractivity contribution is 7.78. The molecular weight excluding hydrogens is 88.1 g/mol. The number of carbonyl (C=O) groups excluding carboxylic acids is 1. The highest BCUT2D eigenvalue weighted by Crippen LogP contribution is 1.66. The number of hydrogen-bond acceptors (Lipinski definition) is 3. The zero-order valence-corrected chi connectivity index (χ0v) is 3.35. The van der Waals surface area contributed by atoms with Gasteiger partial charge in [-0.1, -0.05) is 0 Å². The Morgan fingerprint density at radius 1 is 2.00 bits per heavy atom. The molecule has 4 heteroatoms. The van der Waals surface area contributed by atoms with Gasteiger partial charge in [-0.25, -0.2) is 10.3 Å². The van der Waals surface area contributed by atoms with E-state index in [9.17, 15) is 4.79 Å². The number of nitrogens with two attached hydrogens (primary N) is 1. The number of hydrogen-bond donors (Lipinski definition) is 2. The van der Waals surface area contributed by atoms with Crippen molar-refractivity contribution in [2.24, 2.45) is 5.84 Å². The normalized spacial score (nSPS) is 6.80. The summed E-state index contributed by atoms with van der Waals surface area (Å²) in [6.45, 7) is 0. The maximum absolute atomic E-state index is 9.23. The first-order valence-electron chi connectivity index (χ1n) is 0.952. The molecule has 3 nitrogen and oxygen atoms in total. The van der Waals surface area contributed by atoms with Gasteiger partial charge in [-0.05, 0) is 12.8 Å². The van der Waals surface area contributed by atoms with E-state index in [0.29, 0.717) is 10.8 Å². The van der Waals surface area contributed by atoms with Gasteiger partial charge in [0.25, 0.3) is 0 Å². The molecule has 0 unspecified atom stereocenters. The van der Waals surface area contributed by atoms with Crippen molar-refractivity contribution in [1.29, 1.82) is 0 Å². The van der Waals surface area contributed by atoms with Crippen molar-refractivity contribution in [2.75, 3.05) is 0 Å². The van der Waals surface area contributed by atoms with Gasteiger partial charge in [0.2, 0.25) is 6.41 Å². The topological polar surface area (TPSA) is 46.3 Å². The first-order valence-corrected chi connectivity index (χ1v) is 1.35. The second kappa shape index (κ2) is 2.04. The third-order valence-electron chi connectivity index (χ3n) is 0.108. The molecule has 0 aliphatic heterocycles. The van der Waals surface area contributed by atoms with Gasteiger partial charge in [0.15, 0.2) is 0 Å². The standard InChI is InChI=1S/CH4N2OS/c2-3(5)1-4/h1,5H,2H2. The fourth-order valence-corrected chi connectivity index (χ4v) is 0. The Morgan fingerprint density at radius 3 is 2.20 bits per heavy atom. The first kappa shape index (κ1) is 4.78. The molecule has 0 bridgehead atoms. The highest BCUT2D eigenvalue weighted by atomic mass is 32.1. The molecular formula is CH4N2OS. The lowest BCUT2D eigenvalue weighted by Crippen LogP contribution is -2.16. The molecule has 0 spiro atoms. The lowest BCUT2D eigenvalue weighted by Gasteiger charge is -1.91. The molecule has 0 radical (unpaired) electrons. The zero-order chi connectivity index (χ0) is 4.28. The molecule has 0 fully saturated rings. The predicted molar refractivity (Wildman–Crippen MR) is 21.1 cm³/mol. The Kier molecular flexibility index (Phi) is 1.95. The van der Waals surface area contributed by atoms with E-state index >= 15 is 0 Å². The lowest BCUT2D eigenvalue weighted by atomic mass is 11.4. The van der Waals surface area contributed by atoms with Gasteiger partial charge < -0.3 is 0 Å². The summed E-state index contributed by atoms with van der Waals surface area (Å²) in [6.07, 6.45) is 0.392. The van der Waals surface area contributed by atoms with Gasteiger partial charge >= 0.3 is 0 Å². The summed E-state index contributed by atoms with van der Waals surface area (Å²) in [5.74, 6) is 4.62. The van der Waals surface area contributed by atoms with Crippen molar-refractivity contribution in [3.05, 3.63) is 0 Å². The maximum atomic E-state index is 9.23. The van der Waals surface area contributed by atoms with E-state index in [1.807, 2.05) is 0 Å². The number of amides is 1. The Labute approximate surface area is 35.3 Å². The van der Waals surface area contributed by atoms with E-state index in [4.69, 9.17) is 0 Å². The van der Waals surface area contributed by atoms with Crippen LogP contribution in [0.4, 0.5) is 0 Å². The molecule has 1 amide bonds. The minimum Gasteiger partial charge on any atom is -0.276 e. The predicted octanol–water partition coefficient (Wildman–Crippen LogP) is -0.837. The zero-order valence-electron chi connectivity index (χ0n) is 2.46. The second-order valence-corrected chi connectivity index (χ2v) is 0.947. The lowest BCUT2D eigenvalue weighted by molar-refractivity contribution is -0.113. The number of rotatable bonds is 1. The van der Waals surface area contributed by atoms with Gasteiger partial charge in [-0.15, -0.1) is 0 Å². The van der Waals surface area contributed by atoms with Crippen molar-refractivity contribution in [2.45, 2.75) is 0 Å². The summed E-state index contributed by atoms with van der Waals surface area (Å²) in [5, 5.41) is 0. The minimum atomic E-state index is 0.392. The number of nitrogens with zero attached hydrogens (tertiary/aromatic N) is 1. The van der Waals surface area contributed by atoms with Crippen LogP contribution in [0.3, 0.4) is 0 Å². The average molecular weight is 92.1 g/mol. The molecule has 0 heterocycles. The number of thiol groups is 1. The Morgan fingerprint density at radius 2 is 2.20 bits per heavy atom. The molecule has 0 aromatic carbocycles. The molecule has 0 saturated carbocycles. The molecule has 2 N–H and O–H groups in total. The summed E-state index contributed by atoms with van der Waals surface area (Å²) in [6, 6.07) is 0. The minimum absolute atomic E-state index is 0.392. The number of carbonyl (C=O) groups is 1. The SMILES string of the molecule is NN(S)C=O. The Hall–Kier alpha value is -0.220. The highest BCUT2D eigenvalue weighted by Gasteiger charge is 1.70. The van der Waals surface area contributed by atoms with Gasteiger partial charge in [0, 0.05) is 0 Å². The molecule has 0 saturated heterocycles. The summed E-state index contributed by atoms with van der Waals surface area (Å²) in [4.78, 5) is 9.23. The van der Waals surface area contributed by atoms with Gasteiger partial charge in [-0.2, -0.15) is 0 Å². The second-order valence-electron chi connectivity index (χ2n) is 0.485. The van der Waals surface area contributed by atoms with E-state index in [2.05, 4.69) is 18.7 Å². The van der Waals surface area contributed by atoms with E-state index in [0.717, 1.165) is 0 Å². The van der Waals surface area contributed by atoms with Crippen molar-refractivity contribution in [3.63, 3.8) is 0 Å². The fraction of sp³-hybridized carbons (Fsp3) is 0. The van der Waals surface area contributed by atoms with Crippen molar-refractivity contribution in [3.8, 4) is 0 Å². The van der Waals surface area contributed by atoms with E-state index < -0.39 is 0 Å². The molecule has 5 heavy (non-hydrogen) atoms. The van der Waals surface area contributed by atoms with Crippen LogP contribution < -0.4 is 5.84 Å². The van der Waals surface area contributed by atoms with Crippen LogP contribution in [0.5, 0.6) is 0 Å². The van der Waals surface area contributed by atoms with Gasteiger partial charge in [0.05, 0.1) is 0 Å². The van der Waals surface area contributed by atoms with Crippen LogP contribution in [0.15, 0.2) is 0 Å². The van der Waals surface area contributed by atoms with Crippen LogP contribution >= 0.6 is 12.8 Å². The van der Waals surface area contributed by atoms with Crippen LogP contribution in [0.2, 0.25) is 0 Å². The summed E-state index contributed by atoms with van der Waals surface area (Å²) in [5.41, 5.74) is 0. The van der Waals surface area contributed by atoms with E-state index in [1.165, 1.54) is 0 Å². The van der Waals surface area contributed by atoms with E-state index in [1.54, 1.807) is 0 Å². The quantitative estimate of drug-likeness (QED) is 0.146. The molecule has 0 rings (SSSR count). The Bertz CT molecular complexity index is 36.6. The molecule has 0 aromatic heterocycles. The first-order chi connectivity index (χ1) is 2.27. The maximum Gasteiger partial charge on any atom is 0.233 e. The van der Waals surface area contributed by atoms with Gasteiger partial charge in [0.1, 0.15) is 0 Å². The number of hydrazine groups is 1. The smallest absolute Gasteiger partial charge is 0.233 e. The molecule has 0 aliphatic rings. The molecule has 30 valence electrons. The van der Waals surface area contributed by atoms with Crippen LogP contribution in [-0.4, -0.2) is 10.8 Å². The van der Waals surface area contributed by atoms with Gasteiger partial charge in [-0.3, -0.25) is 4.79 Å². The summed E-state index contributed by atoms with van der Waals surface area (Å²) < 4.78 is 0.639. The fourth-order valence-electron chi connectivity index (χ4n) is 0. The van der Waals surface area contributed by atoms with E-state index in [-0.39, 0.29) is 0 Å². The van der Waals surface area contributed by atoms with Crippen LogP contribution in [0, 0.1) is 0 Å². The monoisotopic (exact) mass is 92.0 g/mol. The molecule has 0 aliphatic carbocycles. The average Bonchev–Trinajstić information content (AvgIpc) is 1.38. The largest absolute Gasteiger partial charge is 0.276 e. The third kappa shape index (κ3) is 3.78. The van der Waals surface area contributed by atoms with Crippen LogP contribution in [0.1, 0.15) is 0 Å². The van der Waals surface area contributed by atoms with Crippen LogP contribution in [0.25, 0.3) is 0 Å². The Balaban J connectivity index is 2.83. The third-order valence-corrected chi connectivity index (χ3v) is 0.202. The van der Waals surface area contributed by atoms with Crippen molar-refractivity contribution < 1.29 is 4.79 Å². The molecule has 0 aromatic rings. The summed E-state index contributed by atoms with van der Waals surface area (Å²) >= 11 is 3.34. The van der Waals surface area contributed by atoms with Crippen molar-refractivity contribution in [1.82, 2.24) is 4.41 Å².